The number of sulfone groups is 1. The van der Waals surface area contributed by atoms with Crippen LogP contribution in [-0.4, -0.2) is 58.4 Å². The molecule has 0 spiro atoms. The number of H-pyrrole nitrogens is 2. The molecule has 6 aromatic rings. The van der Waals surface area contributed by atoms with Crippen LogP contribution in [0.4, 0.5) is 15.8 Å². The van der Waals surface area contributed by atoms with Crippen LogP contribution >= 0.6 is 23.2 Å². The molecule has 6 N–H and O–H groups in total. The molecule has 1 aliphatic heterocycles. The van der Waals surface area contributed by atoms with E-state index in [1.165, 1.54) is 0 Å². The number of hydrogen-bond donors (Lipinski definition) is 5. The van der Waals surface area contributed by atoms with E-state index in [4.69, 9.17) is 28.9 Å². The molecule has 210 valence electrons. The van der Waals surface area contributed by atoms with Gasteiger partial charge in [0.25, 0.3) is 0 Å². The van der Waals surface area contributed by atoms with Crippen LogP contribution in [0, 0.1) is 5.82 Å². The maximum absolute atomic E-state index is 13.5. The largest absolute Gasteiger partial charge is 0.395 e. The van der Waals surface area contributed by atoms with E-state index in [0.717, 1.165) is 38.1 Å². The summed E-state index contributed by atoms with van der Waals surface area (Å²) in [5.41, 5.74) is 9.14. The molecule has 1 amide bonds. The lowest BCUT2D eigenvalue weighted by molar-refractivity contribution is -0.117. The second kappa shape index (κ2) is 10.5. The van der Waals surface area contributed by atoms with Crippen molar-refractivity contribution in [3.63, 3.8) is 0 Å². The molecule has 0 saturated carbocycles. The molecule has 1 saturated heterocycles. The number of fused-ring (bicyclic) bond motifs is 6. The van der Waals surface area contributed by atoms with Crippen molar-refractivity contribution in [2.24, 2.45) is 0 Å². The normalized spacial score (nSPS) is 16.6. The third-order valence-electron chi connectivity index (χ3n) is 6.90. The van der Waals surface area contributed by atoms with E-state index in [0.29, 0.717) is 16.2 Å². The van der Waals surface area contributed by atoms with Crippen LogP contribution in [0.25, 0.3) is 43.6 Å². The smallest absolute Gasteiger partial charge is 0.242 e. The van der Waals surface area contributed by atoms with Crippen molar-refractivity contribution in [2.45, 2.75) is 6.04 Å². The summed E-state index contributed by atoms with van der Waals surface area (Å²) in [5, 5.41) is 9.79. The van der Waals surface area contributed by atoms with E-state index in [1.54, 1.807) is 36.9 Å². The maximum atomic E-state index is 13.5. The lowest BCUT2D eigenvalue weighted by atomic mass is 10.1. The Kier molecular flexibility index (Phi) is 6.94. The van der Waals surface area contributed by atoms with Crippen molar-refractivity contribution < 1.29 is 17.6 Å². The summed E-state index contributed by atoms with van der Waals surface area (Å²) in [7, 11) is -3.21. The molecular formula is C27H22Cl2FN7O3S. The molecular weight excluding hydrogens is 592 g/mol. The van der Waals surface area contributed by atoms with E-state index in [-0.39, 0.29) is 28.8 Å². The molecule has 1 fully saturated rings. The minimum atomic E-state index is -3.21. The number of aromatic amines is 2. The number of carbonyl (C=O) groups excluding carboxylic acids is 1. The highest BCUT2D eigenvalue weighted by molar-refractivity contribution is 7.91. The van der Waals surface area contributed by atoms with Gasteiger partial charge in [0, 0.05) is 45.5 Å². The van der Waals surface area contributed by atoms with E-state index in [2.05, 4.69) is 30.6 Å². The van der Waals surface area contributed by atoms with Crippen molar-refractivity contribution in [3.8, 4) is 0 Å². The minimum Gasteiger partial charge on any atom is -0.395 e. The van der Waals surface area contributed by atoms with Crippen LogP contribution in [0.3, 0.4) is 0 Å². The Morgan fingerprint density at radius 2 is 1.61 bits per heavy atom. The lowest BCUT2D eigenvalue weighted by Gasteiger charge is -2.23. The van der Waals surface area contributed by atoms with Crippen molar-refractivity contribution >= 4 is 93.9 Å². The fraction of sp³-hybridized carbons (Fsp3) is 0.148. The van der Waals surface area contributed by atoms with Gasteiger partial charge in [-0.25, -0.2) is 12.8 Å². The second-order valence-electron chi connectivity index (χ2n) is 9.59. The van der Waals surface area contributed by atoms with Gasteiger partial charge in [-0.3, -0.25) is 14.8 Å². The van der Waals surface area contributed by atoms with Crippen LogP contribution in [0.15, 0.2) is 55.1 Å². The standard InChI is InChI=1S/C16H15ClN4O3S.C11H7ClFN3/c17-9-5-11-10-1-2-18-7-13(10)20-15(11)12(6-9)21-16(22)14-8-25(23,24)4-3-19-14;12-7-3-6-5-1-2-15-4-8(5)16-11(6)10(14)9(7)13/h1-2,5-7,14,19-20H,3-4,8H2,(H,21,22);1-4,16H,14H2. The Balaban J connectivity index is 0.000000162. The summed E-state index contributed by atoms with van der Waals surface area (Å²) in [6.45, 7) is 0.267. The number of amides is 1. The number of nitrogen functional groups attached to an aromatic ring is 1. The Hall–Kier alpha value is -3.97. The molecule has 0 bridgehead atoms. The van der Waals surface area contributed by atoms with Crippen LogP contribution in [-0.2, 0) is 14.6 Å². The average Bonchev–Trinajstić information content (AvgIpc) is 3.50. The summed E-state index contributed by atoms with van der Waals surface area (Å²) < 4.78 is 37.0. The monoisotopic (exact) mass is 613 g/mol. The van der Waals surface area contributed by atoms with Gasteiger partial charge < -0.3 is 26.3 Å². The fourth-order valence-corrected chi connectivity index (χ4v) is 6.75. The molecule has 1 atom stereocenters. The van der Waals surface area contributed by atoms with Crippen molar-refractivity contribution in [3.05, 3.63) is 71.0 Å². The van der Waals surface area contributed by atoms with Crippen LogP contribution in [0.1, 0.15) is 0 Å². The number of nitrogens with zero attached hydrogens (tertiary/aromatic N) is 2. The lowest BCUT2D eigenvalue weighted by Crippen LogP contribution is -2.51. The molecule has 1 unspecified atom stereocenters. The predicted octanol–water partition coefficient (Wildman–Crippen LogP) is 4.79. The first kappa shape index (κ1) is 27.2. The topological polar surface area (TPSA) is 159 Å². The highest BCUT2D eigenvalue weighted by atomic mass is 35.5. The Labute approximate surface area is 242 Å². The van der Waals surface area contributed by atoms with Gasteiger partial charge in [-0.2, -0.15) is 0 Å². The maximum Gasteiger partial charge on any atom is 0.242 e. The van der Waals surface area contributed by atoms with Gasteiger partial charge in [-0.1, -0.05) is 23.2 Å². The fourth-order valence-electron chi connectivity index (χ4n) is 4.95. The highest BCUT2D eigenvalue weighted by Gasteiger charge is 2.30. The van der Waals surface area contributed by atoms with Gasteiger partial charge in [-0.15, -0.1) is 0 Å². The Morgan fingerprint density at radius 3 is 2.27 bits per heavy atom. The quantitative estimate of drug-likeness (QED) is 0.176. The zero-order valence-electron chi connectivity index (χ0n) is 21.1. The van der Waals surface area contributed by atoms with E-state index in [1.807, 2.05) is 18.2 Å². The number of aromatic nitrogens is 4. The average molecular weight is 614 g/mol. The number of halogens is 3. The first-order valence-electron chi connectivity index (χ1n) is 12.4. The van der Waals surface area contributed by atoms with Gasteiger partial charge in [-0.05, 0) is 30.3 Å². The first-order chi connectivity index (χ1) is 19.6. The van der Waals surface area contributed by atoms with Crippen molar-refractivity contribution in [1.82, 2.24) is 25.3 Å². The van der Waals surface area contributed by atoms with E-state index < -0.39 is 27.6 Å². The Morgan fingerprint density at radius 1 is 0.976 bits per heavy atom. The summed E-state index contributed by atoms with van der Waals surface area (Å²) >= 11 is 12.0. The molecule has 4 aromatic heterocycles. The highest BCUT2D eigenvalue weighted by Crippen LogP contribution is 2.35. The van der Waals surface area contributed by atoms with Crippen LogP contribution < -0.4 is 16.4 Å². The number of nitrogens with two attached hydrogens (primary N) is 1. The van der Waals surface area contributed by atoms with Gasteiger partial charge in [0.05, 0.1) is 62.4 Å². The number of benzene rings is 2. The SMILES string of the molecule is Nc1c(F)c(Cl)cc2c1[nH]c1cnccc12.O=C(Nc1cc(Cl)cc2c1[nH]c1cnccc12)C1CS(=O)(=O)CCN1. The molecule has 10 nitrogen and oxygen atoms in total. The van der Waals surface area contributed by atoms with Crippen molar-refractivity contribution in [1.29, 1.82) is 0 Å². The third-order valence-corrected chi connectivity index (χ3v) is 9.06. The van der Waals surface area contributed by atoms with Gasteiger partial charge in [0.1, 0.15) is 6.04 Å². The summed E-state index contributed by atoms with van der Waals surface area (Å²) in [4.78, 5) is 26.8. The van der Waals surface area contributed by atoms with E-state index in [9.17, 15) is 17.6 Å². The number of rotatable bonds is 2. The number of carbonyl (C=O) groups is 1. The van der Waals surface area contributed by atoms with Crippen molar-refractivity contribution in [2.75, 3.05) is 29.1 Å². The molecule has 1 aliphatic rings. The number of pyridine rings is 2. The number of anilines is 2. The molecule has 0 aliphatic carbocycles. The number of hydrogen-bond acceptors (Lipinski definition) is 7. The molecule has 7 rings (SSSR count). The predicted molar refractivity (Wildman–Crippen MR) is 161 cm³/mol. The zero-order chi connectivity index (χ0) is 28.9. The van der Waals surface area contributed by atoms with Gasteiger partial charge >= 0.3 is 0 Å². The molecule has 14 heteroatoms. The van der Waals surface area contributed by atoms with E-state index >= 15 is 0 Å². The number of nitrogens with one attached hydrogen (secondary N) is 4. The summed E-state index contributed by atoms with van der Waals surface area (Å²) in [6.07, 6.45) is 6.72. The summed E-state index contributed by atoms with van der Waals surface area (Å²) in [6, 6.07) is 7.95. The second-order valence-corrected chi connectivity index (χ2v) is 12.7. The molecule has 41 heavy (non-hydrogen) atoms. The Bertz CT molecular complexity index is 2100. The zero-order valence-corrected chi connectivity index (χ0v) is 23.5. The van der Waals surface area contributed by atoms with Crippen LogP contribution in [0.5, 0.6) is 0 Å². The third kappa shape index (κ3) is 5.15. The first-order valence-corrected chi connectivity index (χ1v) is 15.0. The molecule has 2 aromatic carbocycles. The van der Waals surface area contributed by atoms with Gasteiger partial charge in [0.2, 0.25) is 5.91 Å². The summed E-state index contributed by atoms with van der Waals surface area (Å²) in [5.74, 6) is -1.15. The minimum absolute atomic E-state index is 0.0303. The van der Waals surface area contributed by atoms with Gasteiger partial charge in [0.15, 0.2) is 15.7 Å². The van der Waals surface area contributed by atoms with Crippen LogP contribution in [0.2, 0.25) is 10.0 Å². The molecule has 0 radical (unpaired) electrons. The molecule has 5 heterocycles.